The first-order chi connectivity index (χ1) is 17.4. The molecule has 0 saturated carbocycles. The summed E-state index contributed by atoms with van der Waals surface area (Å²) in [5.41, 5.74) is 10.2. The lowest BCUT2D eigenvalue weighted by molar-refractivity contribution is 1.11. The standard InChI is InChI=1S/C31H20N4/c1-2-9-21(10-3-1)34-29-16-8-12-22(30(29)35-28-15-7-6-14-27(28)33-31(34)35)20-17-18-26-24(19-20)23-11-4-5-13-25(23)32-26/h1-19,32H. The second kappa shape index (κ2) is 6.84. The fourth-order valence-corrected chi connectivity index (χ4v) is 5.52. The van der Waals surface area contributed by atoms with Crippen LogP contribution in [0.3, 0.4) is 0 Å². The first-order valence-electron chi connectivity index (χ1n) is 11.8. The van der Waals surface area contributed by atoms with Crippen molar-refractivity contribution in [2.24, 2.45) is 0 Å². The summed E-state index contributed by atoms with van der Waals surface area (Å²) in [5.74, 6) is 0.924. The van der Waals surface area contributed by atoms with E-state index in [9.17, 15) is 0 Å². The molecule has 8 rings (SSSR count). The number of para-hydroxylation sites is 5. The van der Waals surface area contributed by atoms with E-state index in [1.54, 1.807) is 0 Å². The average Bonchev–Trinajstić information content (AvgIpc) is 3.57. The number of nitrogens with one attached hydrogen (secondary N) is 1. The predicted octanol–water partition coefficient (Wildman–Crippen LogP) is 7.73. The lowest BCUT2D eigenvalue weighted by Crippen LogP contribution is -1.94. The lowest BCUT2D eigenvalue weighted by Gasteiger charge is -2.08. The van der Waals surface area contributed by atoms with Gasteiger partial charge in [0.05, 0.1) is 22.1 Å². The monoisotopic (exact) mass is 448 g/mol. The maximum Gasteiger partial charge on any atom is 0.220 e. The molecule has 0 aliphatic carbocycles. The van der Waals surface area contributed by atoms with Gasteiger partial charge in [0.25, 0.3) is 0 Å². The van der Waals surface area contributed by atoms with Crippen LogP contribution in [0.4, 0.5) is 0 Å². The molecule has 0 spiro atoms. The molecule has 0 saturated heterocycles. The van der Waals surface area contributed by atoms with Crippen molar-refractivity contribution in [2.75, 3.05) is 0 Å². The summed E-state index contributed by atoms with van der Waals surface area (Å²) in [6.07, 6.45) is 0. The molecular formula is C31H20N4. The third-order valence-corrected chi connectivity index (χ3v) is 7.05. The Hall–Kier alpha value is -4.83. The molecular weight excluding hydrogens is 428 g/mol. The van der Waals surface area contributed by atoms with E-state index in [-0.39, 0.29) is 0 Å². The van der Waals surface area contributed by atoms with Crippen molar-refractivity contribution in [3.8, 4) is 16.8 Å². The van der Waals surface area contributed by atoms with E-state index in [4.69, 9.17) is 4.98 Å². The lowest BCUT2D eigenvalue weighted by atomic mass is 10.0. The van der Waals surface area contributed by atoms with Crippen LogP contribution in [0.25, 0.3) is 66.5 Å². The van der Waals surface area contributed by atoms with Crippen molar-refractivity contribution >= 4 is 49.7 Å². The van der Waals surface area contributed by atoms with Crippen LogP contribution in [-0.4, -0.2) is 18.9 Å². The zero-order chi connectivity index (χ0) is 22.9. The van der Waals surface area contributed by atoms with Gasteiger partial charge in [0, 0.05) is 33.1 Å². The van der Waals surface area contributed by atoms with Crippen LogP contribution < -0.4 is 0 Å². The highest BCUT2D eigenvalue weighted by atomic mass is 15.2. The first kappa shape index (κ1) is 18.6. The molecule has 0 fully saturated rings. The van der Waals surface area contributed by atoms with E-state index >= 15 is 0 Å². The van der Waals surface area contributed by atoms with Crippen LogP contribution in [0, 0.1) is 0 Å². The highest BCUT2D eigenvalue weighted by molar-refractivity contribution is 6.09. The van der Waals surface area contributed by atoms with Gasteiger partial charge in [-0.1, -0.05) is 66.7 Å². The molecule has 35 heavy (non-hydrogen) atoms. The van der Waals surface area contributed by atoms with Crippen molar-refractivity contribution in [3.05, 3.63) is 115 Å². The minimum atomic E-state index is 0.924. The van der Waals surface area contributed by atoms with Crippen LogP contribution >= 0.6 is 0 Å². The van der Waals surface area contributed by atoms with Crippen molar-refractivity contribution in [3.63, 3.8) is 0 Å². The van der Waals surface area contributed by atoms with Crippen LogP contribution in [0.2, 0.25) is 0 Å². The number of aromatic nitrogens is 4. The quantitative estimate of drug-likeness (QED) is 0.289. The molecule has 0 atom stereocenters. The molecule has 4 nitrogen and oxygen atoms in total. The minimum absolute atomic E-state index is 0.924. The van der Waals surface area contributed by atoms with Crippen LogP contribution in [0.15, 0.2) is 115 Å². The fourth-order valence-electron chi connectivity index (χ4n) is 5.52. The number of rotatable bonds is 2. The number of hydrogen-bond acceptors (Lipinski definition) is 1. The number of hydrogen-bond donors (Lipinski definition) is 1. The van der Waals surface area contributed by atoms with Crippen molar-refractivity contribution in [1.29, 1.82) is 0 Å². The third kappa shape index (κ3) is 2.53. The Morgan fingerprint density at radius 1 is 0.600 bits per heavy atom. The molecule has 0 aliphatic heterocycles. The van der Waals surface area contributed by atoms with Gasteiger partial charge in [0.2, 0.25) is 5.78 Å². The van der Waals surface area contributed by atoms with Gasteiger partial charge in [-0.25, -0.2) is 4.98 Å². The zero-order valence-corrected chi connectivity index (χ0v) is 18.8. The highest BCUT2D eigenvalue weighted by Crippen LogP contribution is 2.37. The summed E-state index contributed by atoms with van der Waals surface area (Å²) >= 11 is 0. The molecule has 0 radical (unpaired) electrons. The zero-order valence-electron chi connectivity index (χ0n) is 18.8. The Morgan fingerprint density at radius 2 is 1.37 bits per heavy atom. The van der Waals surface area contributed by atoms with E-state index < -0.39 is 0 Å². The van der Waals surface area contributed by atoms with E-state index in [0.29, 0.717) is 0 Å². The van der Waals surface area contributed by atoms with Gasteiger partial charge >= 0.3 is 0 Å². The number of benzene rings is 5. The molecule has 1 N–H and O–H groups in total. The second-order valence-corrected chi connectivity index (χ2v) is 9.01. The Labute approximate surface area is 200 Å². The van der Waals surface area contributed by atoms with Crippen molar-refractivity contribution in [1.82, 2.24) is 18.9 Å². The largest absolute Gasteiger partial charge is 0.355 e. The Balaban J connectivity index is 1.53. The maximum atomic E-state index is 5.07. The van der Waals surface area contributed by atoms with Gasteiger partial charge in [-0.3, -0.25) is 8.97 Å². The molecule has 0 unspecified atom stereocenters. The number of fused-ring (bicyclic) bond motifs is 8. The summed E-state index contributed by atoms with van der Waals surface area (Å²) in [6.45, 7) is 0. The summed E-state index contributed by atoms with van der Waals surface area (Å²) in [5, 5.41) is 2.49. The summed E-state index contributed by atoms with van der Waals surface area (Å²) in [6, 6.07) is 40.7. The maximum absolute atomic E-state index is 5.07. The van der Waals surface area contributed by atoms with E-state index in [0.717, 1.165) is 39.0 Å². The molecule has 3 heterocycles. The molecule has 164 valence electrons. The summed E-state index contributed by atoms with van der Waals surface area (Å²) in [4.78, 5) is 8.62. The summed E-state index contributed by atoms with van der Waals surface area (Å²) in [7, 11) is 0. The smallest absolute Gasteiger partial charge is 0.220 e. The fraction of sp³-hybridized carbons (Fsp3) is 0. The van der Waals surface area contributed by atoms with E-state index in [2.05, 4.69) is 129 Å². The van der Waals surface area contributed by atoms with Gasteiger partial charge in [-0.2, -0.15) is 0 Å². The Bertz CT molecular complexity index is 2050. The van der Waals surface area contributed by atoms with E-state index in [1.807, 2.05) is 0 Å². The average molecular weight is 449 g/mol. The normalized spacial score (nSPS) is 12.0. The number of nitrogens with zero attached hydrogens (tertiary/aromatic N) is 3. The SMILES string of the molecule is c1ccc(-n2c3cccc(-c4ccc5[nH]c6ccccc6c5c4)c3n3c4ccccc4nc23)cc1. The second-order valence-electron chi connectivity index (χ2n) is 9.01. The Kier molecular flexibility index (Phi) is 3.63. The third-order valence-electron chi connectivity index (χ3n) is 7.05. The molecule has 0 aliphatic rings. The number of H-pyrrole nitrogens is 1. The van der Waals surface area contributed by atoms with Crippen molar-refractivity contribution in [2.45, 2.75) is 0 Å². The predicted molar refractivity (Wildman–Crippen MR) is 144 cm³/mol. The number of imidazole rings is 2. The molecule has 5 aromatic carbocycles. The first-order valence-corrected chi connectivity index (χ1v) is 11.8. The van der Waals surface area contributed by atoms with Gasteiger partial charge in [-0.05, 0) is 54.1 Å². The number of aromatic amines is 1. The topological polar surface area (TPSA) is 38.0 Å². The van der Waals surface area contributed by atoms with Gasteiger partial charge in [0.15, 0.2) is 0 Å². The van der Waals surface area contributed by atoms with Crippen LogP contribution in [-0.2, 0) is 0 Å². The highest BCUT2D eigenvalue weighted by Gasteiger charge is 2.20. The Morgan fingerprint density at radius 3 is 2.31 bits per heavy atom. The van der Waals surface area contributed by atoms with Gasteiger partial charge in [0.1, 0.15) is 0 Å². The van der Waals surface area contributed by atoms with Gasteiger partial charge in [-0.15, -0.1) is 0 Å². The minimum Gasteiger partial charge on any atom is -0.355 e. The molecule has 8 aromatic rings. The van der Waals surface area contributed by atoms with Crippen LogP contribution in [0.1, 0.15) is 0 Å². The van der Waals surface area contributed by atoms with E-state index in [1.165, 1.54) is 27.4 Å². The molecule has 0 bridgehead atoms. The summed E-state index contributed by atoms with van der Waals surface area (Å²) < 4.78 is 4.58. The molecule has 3 aromatic heterocycles. The van der Waals surface area contributed by atoms with Crippen LogP contribution in [0.5, 0.6) is 0 Å². The van der Waals surface area contributed by atoms with Crippen molar-refractivity contribution < 1.29 is 0 Å². The molecule has 0 amide bonds. The molecule has 4 heteroatoms. The van der Waals surface area contributed by atoms with Gasteiger partial charge < -0.3 is 4.98 Å².